The number of aromatic nitrogens is 4. The van der Waals surface area contributed by atoms with Gasteiger partial charge in [-0.25, -0.2) is 17.8 Å². The zero-order valence-electron chi connectivity index (χ0n) is 17.4. The van der Waals surface area contributed by atoms with Gasteiger partial charge in [0.2, 0.25) is 15.9 Å². The van der Waals surface area contributed by atoms with Gasteiger partial charge in [0, 0.05) is 17.4 Å². The summed E-state index contributed by atoms with van der Waals surface area (Å²) in [7, 11) is -3.70. The number of nitrogens with zero attached hydrogens (tertiary/aromatic N) is 4. The minimum absolute atomic E-state index is 0.294. The van der Waals surface area contributed by atoms with Gasteiger partial charge < -0.3 is 4.74 Å². The number of rotatable bonds is 7. The Balaban J connectivity index is 1.40. The van der Waals surface area contributed by atoms with Crippen LogP contribution in [0.5, 0.6) is 11.6 Å². The highest BCUT2D eigenvalue weighted by Gasteiger charge is 2.13. The largest absolute Gasteiger partial charge is 0.438 e. The van der Waals surface area contributed by atoms with Gasteiger partial charge in [0.25, 0.3) is 0 Å². The molecule has 164 valence electrons. The molecular formula is C22H20FN5O3S. The molecule has 2 aromatic carbocycles. The second-order valence-electron chi connectivity index (χ2n) is 7.13. The fourth-order valence-corrected chi connectivity index (χ4v) is 4.18. The molecule has 2 aromatic heterocycles. The molecule has 0 fully saturated rings. The Morgan fingerprint density at radius 3 is 2.44 bits per heavy atom. The van der Waals surface area contributed by atoms with E-state index in [1.165, 1.54) is 18.2 Å². The first-order chi connectivity index (χ1) is 15.3. The van der Waals surface area contributed by atoms with Gasteiger partial charge in [-0.3, -0.25) is 9.29 Å². The zero-order chi connectivity index (χ0) is 22.7. The predicted molar refractivity (Wildman–Crippen MR) is 118 cm³/mol. The van der Waals surface area contributed by atoms with Crippen molar-refractivity contribution in [2.75, 3.05) is 4.72 Å². The van der Waals surface area contributed by atoms with Gasteiger partial charge in [-0.1, -0.05) is 12.1 Å². The summed E-state index contributed by atoms with van der Waals surface area (Å²) < 4.78 is 47.9. The lowest BCUT2D eigenvalue weighted by Crippen LogP contribution is -2.15. The molecular weight excluding hydrogens is 433 g/mol. The van der Waals surface area contributed by atoms with Crippen molar-refractivity contribution in [1.29, 1.82) is 0 Å². The summed E-state index contributed by atoms with van der Waals surface area (Å²) in [5.74, 6) is 0.572. The minimum Gasteiger partial charge on any atom is -0.438 e. The van der Waals surface area contributed by atoms with E-state index in [1.807, 2.05) is 18.4 Å². The van der Waals surface area contributed by atoms with E-state index in [9.17, 15) is 12.8 Å². The summed E-state index contributed by atoms with van der Waals surface area (Å²) in [5, 5.41) is 8.23. The van der Waals surface area contributed by atoms with Crippen molar-refractivity contribution in [1.82, 2.24) is 19.7 Å². The predicted octanol–water partition coefficient (Wildman–Crippen LogP) is 4.15. The Bertz CT molecular complexity index is 1340. The van der Waals surface area contributed by atoms with Crippen LogP contribution in [0.1, 0.15) is 17.0 Å². The van der Waals surface area contributed by atoms with Crippen LogP contribution in [-0.2, 0) is 15.8 Å². The number of sulfonamides is 1. The average molecular weight is 453 g/mol. The number of aryl methyl sites for hydroxylation is 1. The maximum atomic E-state index is 13.3. The van der Waals surface area contributed by atoms with E-state index in [2.05, 4.69) is 19.9 Å². The van der Waals surface area contributed by atoms with Crippen molar-refractivity contribution in [3.63, 3.8) is 0 Å². The first-order valence-corrected chi connectivity index (χ1v) is 11.3. The van der Waals surface area contributed by atoms with Crippen LogP contribution in [0.25, 0.3) is 5.82 Å². The number of nitrogens with one attached hydrogen (secondary N) is 1. The summed E-state index contributed by atoms with van der Waals surface area (Å²) in [6.07, 6.45) is 1.68. The second-order valence-corrected chi connectivity index (χ2v) is 8.85. The van der Waals surface area contributed by atoms with Gasteiger partial charge >= 0.3 is 0 Å². The highest BCUT2D eigenvalue weighted by atomic mass is 32.2. The van der Waals surface area contributed by atoms with Crippen LogP contribution in [0.2, 0.25) is 0 Å². The van der Waals surface area contributed by atoms with Gasteiger partial charge in [-0.05, 0) is 61.9 Å². The lowest BCUT2D eigenvalue weighted by Gasteiger charge is -2.10. The Morgan fingerprint density at radius 1 is 1.03 bits per heavy atom. The maximum Gasteiger partial charge on any atom is 0.238 e. The summed E-state index contributed by atoms with van der Waals surface area (Å²) in [4.78, 5) is 4.24. The molecule has 8 nitrogen and oxygen atoms in total. The molecule has 0 aliphatic rings. The van der Waals surface area contributed by atoms with Gasteiger partial charge in [-0.2, -0.15) is 0 Å². The summed E-state index contributed by atoms with van der Waals surface area (Å²) in [6.45, 7) is 3.87. The normalized spacial score (nSPS) is 11.3. The fraction of sp³-hybridized carbons (Fsp3) is 0.136. The second kappa shape index (κ2) is 8.75. The molecule has 0 saturated heterocycles. The molecule has 1 N–H and O–H groups in total. The number of hydrogen-bond acceptors (Lipinski definition) is 6. The highest BCUT2D eigenvalue weighted by Crippen LogP contribution is 2.23. The number of imidazole rings is 1. The molecule has 32 heavy (non-hydrogen) atoms. The monoisotopic (exact) mass is 453 g/mol. The third-order valence-corrected chi connectivity index (χ3v) is 5.98. The first-order valence-electron chi connectivity index (χ1n) is 9.66. The molecule has 0 spiro atoms. The van der Waals surface area contributed by atoms with E-state index < -0.39 is 15.8 Å². The number of ether oxygens (including phenoxy) is 1. The number of hydrogen-bond donors (Lipinski definition) is 1. The third kappa shape index (κ3) is 5.09. The lowest BCUT2D eigenvalue weighted by molar-refractivity contribution is 0.454. The average Bonchev–Trinajstić information content (AvgIpc) is 3.08. The first kappa shape index (κ1) is 21.4. The van der Waals surface area contributed by atoms with Gasteiger partial charge in [0.05, 0.1) is 11.4 Å². The Hall–Kier alpha value is -3.79. The Labute approximate surface area is 184 Å². The van der Waals surface area contributed by atoms with Crippen molar-refractivity contribution in [3.05, 3.63) is 89.8 Å². The molecule has 0 unspecified atom stereocenters. The van der Waals surface area contributed by atoms with E-state index in [0.29, 0.717) is 28.7 Å². The van der Waals surface area contributed by atoms with E-state index in [-0.39, 0.29) is 5.75 Å². The van der Waals surface area contributed by atoms with E-state index in [4.69, 9.17) is 4.74 Å². The Morgan fingerprint density at radius 2 is 1.81 bits per heavy atom. The lowest BCUT2D eigenvalue weighted by atomic mass is 10.2. The van der Waals surface area contributed by atoms with Gasteiger partial charge in [-0.15, -0.1) is 10.2 Å². The third-order valence-electron chi connectivity index (χ3n) is 4.72. The van der Waals surface area contributed by atoms with Crippen LogP contribution in [0, 0.1) is 19.7 Å². The summed E-state index contributed by atoms with van der Waals surface area (Å²) >= 11 is 0. The van der Waals surface area contributed by atoms with Crippen molar-refractivity contribution in [2.24, 2.45) is 0 Å². The van der Waals surface area contributed by atoms with Crippen molar-refractivity contribution < 1.29 is 17.5 Å². The van der Waals surface area contributed by atoms with Crippen LogP contribution in [0.4, 0.5) is 10.1 Å². The summed E-state index contributed by atoms with van der Waals surface area (Å²) in [6, 6.07) is 15.3. The van der Waals surface area contributed by atoms with E-state index >= 15 is 0 Å². The van der Waals surface area contributed by atoms with Crippen LogP contribution < -0.4 is 9.46 Å². The molecule has 0 aliphatic heterocycles. The molecule has 2 heterocycles. The van der Waals surface area contributed by atoms with Crippen molar-refractivity contribution >= 4 is 15.7 Å². The van der Waals surface area contributed by atoms with Crippen LogP contribution in [0.15, 0.2) is 67.0 Å². The molecule has 4 aromatic rings. The Kier molecular flexibility index (Phi) is 5.87. The number of halogens is 1. The van der Waals surface area contributed by atoms with Crippen LogP contribution in [-0.4, -0.2) is 28.2 Å². The molecule has 0 saturated carbocycles. The SMILES string of the molecule is Cc1ncn(-c2ccc(Oc3ccc(NS(=O)(=O)Cc4cccc(F)c4)cc3)nn2)c1C. The number of benzene rings is 2. The minimum atomic E-state index is -3.70. The zero-order valence-corrected chi connectivity index (χ0v) is 18.2. The quantitative estimate of drug-likeness (QED) is 0.451. The fourth-order valence-electron chi connectivity index (χ4n) is 3.00. The maximum absolute atomic E-state index is 13.3. The molecule has 0 atom stereocenters. The molecule has 0 radical (unpaired) electrons. The van der Waals surface area contributed by atoms with Crippen LogP contribution in [0.3, 0.4) is 0 Å². The molecule has 0 aliphatic carbocycles. The standard InChI is InChI=1S/C22H20FN5O3S/c1-15-16(2)28(14-24-15)21-10-11-22(26-25-21)31-20-8-6-19(7-9-20)27-32(29,30)13-17-4-3-5-18(23)12-17/h3-12,14,27H,13H2,1-2H3. The van der Waals surface area contributed by atoms with Crippen LogP contribution >= 0.6 is 0 Å². The summed E-state index contributed by atoms with van der Waals surface area (Å²) in [5.41, 5.74) is 2.61. The van der Waals surface area contributed by atoms with E-state index in [0.717, 1.165) is 11.4 Å². The van der Waals surface area contributed by atoms with E-state index in [1.54, 1.807) is 48.8 Å². The molecule has 10 heteroatoms. The molecule has 4 rings (SSSR count). The van der Waals surface area contributed by atoms with Gasteiger partial charge in [0.1, 0.15) is 17.9 Å². The highest BCUT2D eigenvalue weighted by molar-refractivity contribution is 7.91. The number of anilines is 1. The van der Waals surface area contributed by atoms with Crippen molar-refractivity contribution in [2.45, 2.75) is 19.6 Å². The topological polar surface area (TPSA) is 99.0 Å². The van der Waals surface area contributed by atoms with Crippen molar-refractivity contribution in [3.8, 4) is 17.4 Å². The molecule has 0 amide bonds. The smallest absolute Gasteiger partial charge is 0.238 e. The van der Waals surface area contributed by atoms with Gasteiger partial charge in [0.15, 0.2) is 5.82 Å². The molecule has 0 bridgehead atoms.